The molecule has 3 rings (SSSR count). The molecule has 1 aliphatic heterocycles. The zero-order valence-electron chi connectivity index (χ0n) is 23.2. The van der Waals surface area contributed by atoms with Crippen LogP contribution >= 0.6 is 23.5 Å². The van der Waals surface area contributed by atoms with Gasteiger partial charge < -0.3 is 20.9 Å². The smallest absolute Gasteiger partial charge is 0.260 e. The van der Waals surface area contributed by atoms with Gasteiger partial charge >= 0.3 is 0 Å². The monoisotopic (exact) mass is 591 g/mol. The molecule has 1 aliphatic rings. The van der Waals surface area contributed by atoms with Crippen LogP contribution in [0.15, 0.2) is 36.7 Å². The summed E-state index contributed by atoms with van der Waals surface area (Å²) in [7, 11) is 0. The van der Waals surface area contributed by atoms with E-state index in [9.17, 15) is 24.3 Å². The number of aromatic nitrogens is 1. The zero-order valence-corrected chi connectivity index (χ0v) is 24.9. The number of aliphatic hydroxyl groups is 1. The van der Waals surface area contributed by atoms with E-state index in [0.717, 1.165) is 15.7 Å². The third kappa shape index (κ3) is 7.52. The summed E-state index contributed by atoms with van der Waals surface area (Å²) >= 11 is 2.61. The molecule has 3 amide bonds. The quantitative estimate of drug-likeness (QED) is 0.294. The van der Waals surface area contributed by atoms with Crippen LogP contribution in [0.3, 0.4) is 0 Å². The minimum atomic E-state index is -1.58. The number of Topliss-reactive ketones (excluding diaryl/α,β-unsaturated/α-hetero) is 1. The Bertz CT molecular complexity index is 1230. The predicted molar refractivity (Wildman–Crippen MR) is 157 cm³/mol. The number of pyridine rings is 1. The topological polar surface area (TPSA) is 164 Å². The molecule has 0 bridgehead atoms. The third-order valence-electron chi connectivity index (χ3n) is 6.29. The average molecular weight is 592 g/mol. The second-order valence-electron chi connectivity index (χ2n) is 10.5. The van der Waals surface area contributed by atoms with Crippen molar-refractivity contribution in [3.05, 3.63) is 36.7 Å². The summed E-state index contributed by atoms with van der Waals surface area (Å²) in [6.07, 6.45) is 3.57. The van der Waals surface area contributed by atoms with Crippen molar-refractivity contribution in [1.29, 1.82) is 0 Å². The Labute approximate surface area is 242 Å². The van der Waals surface area contributed by atoms with Crippen molar-refractivity contribution in [2.24, 2.45) is 5.73 Å². The molecule has 1 fully saturated rings. The van der Waals surface area contributed by atoms with Crippen LogP contribution < -0.4 is 21.1 Å². The number of thioether (sulfide) groups is 2. The average Bonchev–Trinajstić information content (AvgIpc) is 3.40. The maximum absolute atomic E-state index is 13.7. The molecule has 0 aliphatic carbocycles. The number of ether oxygens (including phenoxy) is 1. The first-order valence-electron chi connectivity index (χ1n) is 12.8. The van der Waals surface area contributed by atoms with Crippen molar-refractivity contribution in [2.45, 2.75) is 62.7 Å². The number of aliphatic hydroxyl groups excluding tert-OH is 1. The Morgan fingerprint density at radius 3 is 2.67 bits per heavy atom. The van der Waals surface area contributed by atoms with E-state index in [4.69, 9.17) is 10.5 Å². The molecule has 11 nitrogen and oxygen atoms in total. The highest BCUT2D eigenvalue weighted by Crippen LogP contribution is 2.28. The molecule has 2 aromatic rings. The molecular weight excluding hydrogens is 554 g/mol. The van der Waals surface area contributed by atoms with E-state index in [1.165, 1.54) is 30.4 Å². The fraction of sp³-hybridized carbons (Fsp3) is 0.519. The molecule has 13 heteroatoms. The largest absolute Gasteiger partial charge is 0.483 e. The summed E-state index contributed by atoms with van der Waals surface area (Å²) in [6, 6.07) is 4.44. The molecule has 5 unspecified atom stereocenters. The standard InChI is InChI=1S/C27H37N5O6S2/c1-15(28)22(34)26(37)32(27(2,3)4)25(36)21-24(40-14-30-21)23(35)18(13-39-5)31-20(33)12-38-19-8-6-7-16-11-29-10-9-17(16)19/h6-11,15,18,21-22,24,30,34H,12-14,28H2,1-5H3,(H,31,33). The number of hydrogen-bond donors (Lipinski definition) is 4. The third-order valence-corrected chi connectivity index (χ3v) is 8.15. The SMILES string of the molecule is CSCC(NC(=O)COc1cccc2cnccc12)C(=O)C1SCNC1C(=O)N(C(=O)C(O)C(C)N)C(C)(C)C. The minimum Gasteiger partial charge on any atom is -0.483 e. The number of ketones is 1. The van der Waals surface area contributed by atoms with Gasteiger partial charge in [0, 0.05) is 46.4 Å². The van der Waals surface area contributed by atoms with Gasteiger partial charge in [0.2, 0.25) is 5.91 Å². The van der Waals surface area contributed by atoms with Crippen LogP contribution in [0.5, 0.6) is 5.75 Å². The van der Waals surface area contributed by atoms with E-state index in [2.05, 4.69) is 15.6 Å². The zero-order chi connectivity index (χ0) is 29.6. The Kier molecular flexibility index (Phi) is 11.0. The van der Waals surface area contributed by atoms with E-state index in [-0.39, 0.29) is 18.1 Å². The molecule has 5 N–H and O–H groups in total. The van der Waals surface area contributed by atoms with E-state index >= 15 is 0 Å². The normalized spacial score (nSPS) is 19.5. The molecule has 218 valence electrons. The van der Waals surface area contributed by atoms with Crippen molar-refractivity contribution in [3.8, 4) is 5.75 Å². The molecule has 1 aromatic heterocycles. The Hall–Kier alpha value is -2.71. The molecule has 0 radical (unpaired) electrons. The van der Waals surface area contributed by atoms with E-state index in [1.54, 1.807) is 51.4 Å². The van der Waals surface area contributed by atoms with Crippen LogP contribution in [0.25, 0.3) is 10.8 Å². The summed E-state index contributed by atoms with van der Waals surface area (Å²) in [4.78, 5) is 58.3. The Balaban J connectivity index is 1.73. The predicted octanol–water partition coefficient (Wildman–Crippen LogP) is 0.923. The molecule has 0 saturated carbocycles. The van der Waals surface area contributed by atoms with Gasteiger partial charge in [0.25, 0.3) is 11.8 Å². The van der Waals surface area contributed by atoms with Crippen molar-refractivity contribution in [1.82, 2.24) is 20.5 Å². The number of nitrogens with one attached hydrogen (secondary N) is 2. The fourth-order valence-corrected chi connectivity index (χ4v) is 6.09. The number of nitrogens with two attached hydrogens (primary N) is 1. The van der Waals surface area contributed by atoms with E-state index < -0.39 is 52.7 Å². The molecule has 0 spiro atoms. The van der Waals surface area contributed by atoms with Crippen molar-refractivity contribution in [3.63, 3.8) is 0 Å². The Morgan fingerprint density at radius 2 is 2.02 bits per heavy atom. The van der Waals surface area contributed by atoms with Gasteiger partial charge in [-0.1, -0.05) is 12.1 Å². The highest BCUT2D eigenvalue weighted by molar-refractivity contribution is 8.01. The van der Waals surface area contributed by atoms with Gasteiger partial charge in [-0.25, -0.2) is 0 Å². The highest BCUT2D eigenvalue weighted by Gasteiger charge is 2.47. The fourth-order valence-electron chi connectivity index (χ4n) is 4.32. The van der Waals surface area contributed by atoms with Gasteiger partial charge in [-0.2, -0.15) is 11.8 Å². The first-order chi connectivity index (χ1) is 18.9. The lowest BCUT2D eigenvalue weighted by Gasteiger charge is -2.38. The number of carbonyl (C=O) groups excluding carboxylic acids is 4. The minimum absolute atomic E-state index is 0.286. The van der Waals surface area contributed by atoms with Gasteiger partial charge in [-0.3, -0.25) is 34.4 Å². The second-order valence-corrected chi connectivity index (χ2v) is 12.6. The molecule has 2 heterocycles. The number of hydrogen-bond acceptors (Lipinski definition) is 11. The van der Waals surface area contributed by atoms with Crippen LogP contribution in [0, 0.1) is 0 Å². The number of benzene rings is 1. The molecule has 1 aromatic carbocycles. The lowest BCUT2D eigenvalue weighted by molar-refractivity contribution is -0.158. The summed E-state index contributed by atoms with van der Waals surface area (Å²) in [5, 5.41) is 16.9. The van der Waals surface area contributed by atoms with Gasteiger partial charge in [0.15, 0.2) is 12.4 Å². The number of carbonyl (C=O) groups is 4. The van der Waals surface area contributed by atoms with E-state index in [1.807, 2.05) is 12.3 Å². The number of amides is 3. The lowest BCUT2D eigenvalue weighted by Crippen LogP contribution is -2.62. The maximum atomic E-state index is 13.7. The Morgan fingerprint density at radius 1 is 1.30 bits per heavy atom. The van der Waals surface area contributed by atoms with E-state index in [0.29, 0.717) is 11.6 Å². The second kappa shape index (κ2) is 13.8. The summed E-state index contributed by atoms with van der Waals surface area (Å²) < 4.78 is 5.75. The van der Waals surface area contributed by atoms with Crippen LogP contribution in [-0.4, -0.2) is 98.0 Å². The summed E-state index contributed by atoms with van der Waals surface area (Å²) in [5.74, 6) is -1.19. The van der Waals surface area contributed by atoms with Gasteiger partial charge in [0.1, 0.15) is 17.9 Å². The lowest BCUT2D eigenvalue weighted by atomic mass is 9.98. The van der Waals surface area contributed by atoms with Crippen LogP contribution in [0.2, 0.25) is 0 Å². The number of nitrogens with zero attached hydrogens (tertiary/aromatic N) is 2. The van der Waals surface area contributed by atoms with Crippen molar-refractivity contribution in [2.75, 3.05) is 24.5 Å². The molecule has 40 heavy (non-hydrogen) atoms. The number of rotatable bonds is 11. The van der Waals surface area contributed by atoms with Gasteiger partial charge in [0.05, 0.1) is 11.3 Å². The van der Waals surface area contributed by atoms with Gasteiger partial charge in [-0.15, -0.1) is 11.8 Å². The molecular formula is C27H37N5O6S2. The first kappa shape index (κ1) is 31.8. The van der Waals surface area contributed by atoms with Crippen LogP contribution in [-0.2, 0) is 19.2 Å². The molecule has 1 saturated heterocycles. The summed E-state index contributed by atoms with van der Waals surface area (Å²) in [6.45, 7) is 6.16. The van der Waals surface area contributed by atoms with Crippen molar-refractivity contribution < 1.29 is 29.0 Å². The van der Waals surface area contributed by atoms with Gasteiger partial charge in [-0.05, 0) is 46.1 Å². The number of imide groups is 1. The van der Waals surface area contributed by atoms with Crippen LogP contribution in [0.4, 0.5) is 0 Å². The van der Waals surface area contributed by atoms with Crippen LogP contribution in [0.1, 0.15) is 27.7 Å². The first-order valence-corrected chi connectivity index (χ1v) is 15.2. The highest BCUT2D eigenvalue weighted by atomic mass is 32.2. The summed E-state index contributed by atoms with van der Waals surface area (Å²) in [5.41, 5.74) is 4.74. The van der Waals surface area contributed by atoms with Crippen molar-refractivity contribution >= 4 is 57.8 Å². The maximum Gasteiger partial charge on any atom is 0.260 e. The molecule has 5 atom stereocenters. The number of fused-ring (bicyclic) bond motifs is 1.